The third-order valence-electron chi connectivity index (χ3n) is 4.19. The molecule has 0 unspecified atom stereocenters. The Morgan fingerprint density at radius 1 is 0.964 bits per heavy atom. The van der Waals surface area contributed by atoms with Crippen LogP contribution in [0.2, 0.25) is 0 Å². The van der Waals surface area contributed by atoms with E-state index in [4.69, 9.17) is 9.47 Å². The van der Waals surface area contributed by atoms with E-state index < -0.39 is 5.97 Å². The topological polar surface area (TPSA) is 71.2 Å². The van der Waals surface area contributed by atoms with Crippen LogP contribution in [0.1, 0.15) is 16.1 Å². The van der Waals surface area contributed by atoms with Crippen LogP contribution in [0.4, 0.5) is 0 Å². The minimum atomic E-state index is -0.539. The molecule has 0 spiro atoms. The van der Waals surface area contributed by atoms with Crippen LogP contribution in [-0.4, -0.2) is 32.6 Å². The molecule has 0 aliphatic rings. The van der Waals surface area contributed by atoms with E-state index in [0.29, 0.717) is 5.75 Å². The van der Waals surface area contributed by atoms with Crippen molar-refractivity contribution in [3.05, 3.63) is 90.5 Å². The van der Waals surface area contributed by atoms with Gasteiger partial charge in [0.1, 0.15) is 6.61 Å². The number of esters is 1. The lowest BCUT2D eigenvalue weighted by Crippen LogP contribution is -2.08. The molecule has 0 aliphatic heterocycles. The molecule has 7 nitrogen and oxygen atoms in total. The molecule has 0 radical (unpaired) electrons. The molecule has 0 aliphatic carbocycles. The summed E-state index contributed by atoms with van der Waals surface area (Å²) in [6.45, 7) is 0.138. The fourth-order valence-electron chi connectivity index (χ4n) is 2.75. The van der Waals surface area contributed by atoms with Crippen molar-refractivity contribution in [1.29, 1.82) is 0 Å². The highest BCUT2D eigenvalue weighted by Gasteiger charge is 2.20. The number of hydrogen-bond acceptors (Lipinski definition) is 5. The summed E-state index contributed by atoms with van der Waals surface area (Å²) in [6.07, 6.45) is 5.24. The molecular formula is C21H18N4O3. The maximum absolute atomic E-state index is 12.5. The Hall–Kier alpha value is -3.87. The van der Waals surface area contributed by atoms with Crippen LogP contribution < -0.4 is 4.74 Å². The van der Waals surface area contributed by atoms with Crippen LogP contribution in [-0.2, 0) is 11.3 Å². The summed E-state index contributed by atoms with van der Waals surface area (Å²) in [5.74, 6) is -0.175. The normalized spacial score (nSPS) is 10.6. The molecule has 140 valence electrons. The highest BCUT2D eigenvalue weighted by Crippen LogP contribution is 2.21. The van der Waals surface area contributed by atoms with Crippen molar-refractivity contribution in [2.24, 2.45) is 0 Å². The number of aromatic nitrogens is 4. The summed E-state index contributed by atoms with van der Waals surface area (Å²) in [4.78, 5) is 12.5. The maximum atomic E-state index is 12.5. The first-order chi connectivity index (χ1) is 13.7. The predicted molar refractivity (Wildman–Crippen MR) is 103 cm³/mol. The van der Waals surface area contributed by atoms with Crippen molar-refractivity contribution >= 4 is 5.97 Å². The fourth-order valence-corrected chi connectivity index (χ4v) is 2.75. The SMILES string of the molecule is COc1cn(-c2ccccc2)nc1C(=O)OCc1ccc(-n2cccn2)cc1. The minimum Gasteiger partial charge on any atom is -0.493 e. The third-order valence-corrected chi connectivity index (χ3v) is 4.19. The Kier molecular flexibility index (Phi) is 4.88. The van der Waals surface area contributed by atoms with E-state index >= 15 is 0 Å². The monoisotopic (exact) mass is 374 g/mol. The number of benzene rings is 2. The molecule has 0 atom stereocenters. The first-order valence-corrected chi connectivity index (χ1v) is 8.70. The Balaban J connectivity index is 1.46. The molecular weight excluding hydrogens is 356 g/mol. The Bertz CT molecular complexity index is 1060. The highest BCUT2D eigenvalue weighted by molar-refractivity contribution is 5.90. The second kappa shape index (κ2) is 7.79. The number of ether oxygens (including phenoxy) is 2. The molecule has 7 heteroatoms. The van der Waals surface area contributed by atoms with Crippen LogP contribution in [0, 0.1) is 0 Å². The standard InChI is InChI=1S/C21H18N4O3/c1-27-19-14-25(17-6-3-2-4-7-17)23-20(19)21(26)28-15-16-8-10-18(11-9-16)24-13-5-12-22-24/h2-14H,15H2,1H3. The van der Waals surface area contributed by atoms with E-state index in [-0.39, 0.29) is 12.3 Å². The van der Waals surface area contributed by atoms with Gasteiger partial charge in [0.25, 0.3) is 0 Å². The maximum Gasteiger partial charge on any atom is 0.363 e. The zero-order chi connectivity index (χ0) is 19.3. The molecule has 0 bridgehead atoms. The quantitative estimate of drug-likeness (QED) is 0.484. The lowest BCUT2D eigenvalue weighted by atomic mass is 10.2. The highest BCUT2D eigenvalue weighted by atomic mass is 16.5. The summed E-state index contributed by atoms with van der Waals surface area (Å²) >= 11 is 0. The number of rotatable bonds is 6. The first-order valence-electron chi connectivity index (χ1n) is 8.70. The molecule has 4 aromatic rings. The summed E-state index contributed by atoms with van der Waals surface area (Å²) in [7, 11) is 1.50. The second-order valence-electron chi connectivity index (χ2n) is 6.02. The largest absolute Gasteiger partial charge is 0.493 e. The first kappa shape index (κ1) is 17.5. The van der Waals surface area contributed by atoms with Gasteiger partial charge in [-0.1, -0.05) is 30.3 Å². The smallest absolute Gasteiger partial charge is 0.363 e. The van der Waals surface area contributed by atoms with Crippen molar-refractivity contribution < 1.29 is 14.3 Å². The third kappa shape index (κ3) is 3.64. The molecule has 0 N–H and O–H groups in total. The lowest BCUT2D eigenvalue weighted by Gasteiger charge is -2.06. The molecule has 0 fully saturated rings. The summed E-state index contributed by atoms with van der Waals surface area (Å²) in [6, 6.07) is 19.0. The molecule has 0 saturated carbocycles. The molecule has 0 amide bonds. The van der Waals surface area contributed by atoms with Gasteiger partial charge in [0.2, 0.25) is 5.69 Å². The van der Waals surface area contributed by atoms with Gasteiger partial charge < -0.3 is 9.47 Å². The van der Waals surface area contributed by atoms with Crippen molar-refractivity contribution in [3.8, 4) is 17.1 Å². The van der Waals surface area contributed by atoms with E-state index in [2.05, 4.69) is 10.2 Å². The van der Waals surface area contributed by atoms with Crippen molar-refractivity contribution in [1.82, 2.24) is 19.6 Å². The second-order valence-corrected chi connectivity index (χ2v) is 6.02. The van der Waals surface area contributed by atoms with Gasteiger partial charge in [-0.15, -0.1) is 0 Å². The van der Waals surface area contributed by atoms with Gasteiger partial charge in [0.15, 0.2) is 5.75 Å². The Labute approximate surface area is 161 Å². The molecule has 4 rings (SSSR count). The number of methoxy groups -OCH3 is 1. The Morgan fingerprint density at radius 2 is 1.71 bits per heavy atom. The van der Waals surface area contributed by atoms with Crippen LogP contribution in [0.5, 0.6) is 5.75 Å². The summed E-state index contributed by atoms with van der Waals surface area (Å²) < 4.78 is 14.1. The van der Waals surface area contributed by atoms with Crippen molar-refractivity contribution in [3.63, 3.8) is 0 Å². The van der Waals surface area contributed by atoms with Crippen LogP contribution in [0.3, 0.4) is 0 Å². The van der Waals surface area contributed by atoms with Crippen LogP contribution in [0.25, 0.3) is 11.4 Å². The number of nitrogens with zero attached hydrogens (tertiary/aromatic N) is 4. The van der Waals surface area contributed by atoms with E-state index in [1.807, 2.05) is 66.9 Å². The zero-order valence-corrected chi connectivity index (χ0v) is 15.2. The van der Waals surface area contributed by atoms with Gasteiger partial charge >= 0.3 is 5.97 Å². The zero-order valence-electron chi connectivity index (χ0n) is 15.2. The van der Waals surface area contributed by atoms with Crippen LogP contribution in [0.15, 0.2) is 79.3 Å². The number of carbonyl (C=O) groups is 1. The van der Waals surface area contributed by atoms with Gasteiger partial charge in [-0.3, -0.25) is 0 Å². The molecule has 2 aromatic carbocycles. The lowest BCUT2D eigenvalue weighted by molar-refractivity contribution is 0.0461. The predicted octanol–water partition coefficient (Wildman–Crippen LogP) is 3.42. The van der Waals surface area contributed by atoms with Crippen molar-refractivity contribution in [2.75, 3.05) is 7.11 Å². The summed E-state index contributed by atoms with van der Waals surface area (Å²) in [5.41, 5.74) is 2.77. The summed E-state index contributed by atoms with van der Waals surface area (Å²) in [5, 5.41) is 8.50. The van der Waals surface area contributed by atoms with Gasteiger partial charge in [-0.2, -0.15) is 10.2 Å². The van der Waals surface area contributed by atoms with E-state index in [0.717, 1.165) is 16.9 Å². The molecule has 2 heterocycles. The van der Waals surface area contributed by atoms with Gasteiger partial charge in [-0.25, -0.2) is 14.2 Å². The van der Waals surface area contributed by atoms with E-state index in [1.54, 1.807) is 21.8 Å². The molecule has 0 saturated heterocycles. The molecule has 2 aromatic heterocycles. The minimum absolute atomic E-state index is 0.138. The van der Waals surface area contributed by atoms with E-state index in [9.17, 15) is 4.79 Å². The number of hydrogen-bond donors (Lipinski definition) is 0. The van der Waals surface area contributed by atoms with E-state index in [1.165, 1.54) is 7.11 Å². The van der Waals surface area contributed by atoms with Gasteiger partial charge in [0.05, 0.1) is 24.7 Å². The number of carbonyl (C=O) groups excluding carboxylic acids is 1. The Morgan fingerprint density at radius 3 is 2.39 bits per heavy atom. The molecule has 28 heavy (non-hydrogen) atoms. The van der Waals surface area contributed by atoms with Crippen molar-refractivity contribution in [2.45, 2.75) is 6.61 Å². The number of para-hydroxylation sites is 1. The van der Waals surface area contributed by atoms with Gasteiger partial charge in [0, 0.05) is 12.4 Å². The average Bonchev–Trinajstić information content (AvgIpc) is 3.43. The van der Waals surface area contributed by atoms with Gasteiger partial charge in [-0.05, 0) is 35.9 Å². The van der Waals surface area contributed by atoms with Crippen LogP contribution >= 0.6 is 0 Å². The fraction of sp³-hybridized carbons (Fsp3) is 0.0952. The average molecular weight is 374 g/mol.